The van der Waals surface area contributed by atoms with Gasteiger partial charge in [-0.2, -0.15) is 0 Å². The number of aryl methyl sites for hydroxylation is 1. The Kier molecular flexibility index (Phi) is 6.54. The number of aliphatic carboxylic acids is 1. The number of carboxylic acid groups (broad SMARTS) is 1. The molecule has 0 fully saturated rings. The van der Waals surface area contributed by atoms with Gasteiger partial charge in [0.25, 0.3) is 11.8 Å². The maximum Gasteiger partial charge on any atom is 0.308 e. The molecule has 0 aliphatic carbocycles. The molecule has 2 amide bonds. The van der Waals surface area contributed by atoms with Crippen molar-refractivity contribution < 1.29 is 23.9 Å². The maximum absolute atomic E-state index is 12.3. The summed E-state index contributed by atoms with van der Waals surface area (Å²) >= 11 is 0. The fourth-order valence-electron chi connectivity index (χ4n) is 2.47. The van der Waals surface area contributed by atoms with Gasteiger partial charge >= 0.3 is 5.97 Å². The smallest absolute Gasteiger partial charge is 0.308 e. The summed E-state index contributed by atoms with van der Waals surface area (Å²) in [6, 6.07) is 8.05. The Hall–Kier alpha value is -3.09. The summed E-state index contributed by atoms with van der Waals surface area (Å²) in [5.74, 6) is -2.18. The second kappa shape index (κ2) is 8.84. The molecule has 0 bridgehead atoms. The van der Waals surface area contributed by atoms with Crippen molar-refractivity contribution in [1.82, 2.24) is 5.32 Å². The van der Waals surface area contributed by atoms with Gasteiger partial charge in [0.15, 0.2) is 5.76 Å². The molecule has 0 spiro atoms. The molecule has 1 unspecified atom stereocenters. The van der Waals surface area contributed by atoms with Crippen molar-refractivity contribution in [2.75, 3.05) is 11.9 Å². The zero-order chi connectivity index (χ0) is 19.1. The average molecular weight is 358 g/mol. The molecule has 7 heteroatoms. The van der Waals surface area contributed by atoms with E-state index in [2.05, 4.69) is 10.6 Å². The Bertz CT molecular complexity index is 783. The van der Waals surface area contributed by atoms with Crippen LogP contribution >= 0.6 is 0 Å². The van der Waals surface area contributed by atoms with E-state index < -0.39 is 17.8 Å². The normalized spacial score (nSPS) is 11.6. The molecule has 0 saturated heterocycles. The second-order valence-corrected chi connectivity index (χ2v) is 5.99. The Morgan fingerprint density at radius 1 is 1.19 bits per heavy atom. The van der Waals surface area contributed by atoms with Gasteiger partial charge in [-0.25, -0.2) is 0 Å². The summed E-state index contributed by atoms with van der Waals surface area (Å²) in [5.41, 5.74) is 1.62. The summed E-state index contributed by atoms with van der Waals surface area (Å²) in [6.45, 7) is 3.76. The first-order valence-corrected chi connectivity index (χ1v) is 8.39. The highest BCUT2D eigenvalue weighted by atomic mass is 16.4. The number of nitrogens with one attached hydrogen (secondary N) is 2. The summed E-state index contributed by atoms with van der Waals surface area (Å²) in [4.78, 5) is 35.6. The van der Waals surface area contributed by atoms with Crippen LogP contribution in [0.3, 0.4) is 0 Å². The van der Waals surface area contributed by atoms with Crippen LogP contribution in [-0.4, -0.2) is 29.4 Å². The van der Waals surface area contributed by atoms with Crippen LogP contribution in [0.1, 0.15) is 46.2 Å². The second-order valence-electron chi connectivity index (χ2n) is 5.99. The van der Waals surface area contributed by atoms with Gasteiger partial charge in [0, 0.05) is 17.8 Å². The third-order valence-corrected chi connectivity index (χ3v) is 3.99. The lowest BCUT2D eigenvalue weighted by Crippen LogP contribution is -2.33. The minimum Gasteiger partial charge on any atom is -0.481 e. The van der Waals surface area contributed by atoms with Gasteiger partial charge in [0.1, 0.15) is 0 Å². The zero-order valence-electron chi connectivity index (χ0n) is 14.7. The van der Waals surface area contributed by atoms with E-state index in [9.17, 15) is 14.4 Å². The highest BCUT2D eigenvalue weighted by Crippen LogP contribution is 2.18. The number of carbonyl (C=O) groups is 3. The summed E-state index contributed by atoms with van der Waals surface area (Å²) < 4.78 is 5.05. The molecule has 26 heavy (non-hydrogen) atoms. The molecule has 138 valence electrons. The van der Waals surface area contributed by atoms with Gasteiger partial charge < -0.3 is 20.2 Å². The fraction of sp³-hybridized carbons (Fsp3) is 0.316. The van der Waals surface area contributed by atoms with E-state index in [4.69, 9.17) is 9.52 Å². The Labute approximate surface area is 151 Å². The number of furan rings is 1. The van der Waals surface area contributed by atoms with Gasteiger partial charge in [-0.15, -0.1) is 0 Å². The van der Waals surface area contributed by atoms with E-state index in [0.29, 0.717) is 17.7 Å². The quantitative estimate of drug-likeness (QED) is 0.672. The third-order valence-electron chi connectivity index (χ3n) is 3.99. The molecule has 1 aromatic heterocycles. The summed E-state index contributed by atoms with van der Waals surface area (Å²) in [7, 11) is 0. The molecule has 1 atom stereocenters. The number of hydrogen-bond donors (Lipinski definition) is 3. The van der Waals surface area contributed by atoms with Crippen LogP contribution in [-0.2, 0) is 4.79 Å². The van der Waals surface area contributed by atoms with E-state index in [1.165, 1.54) is 6.26 Å². The van der Waals surface area contributed by atoms with Crippen molar-refractivity contribution in [3.05, 3.63) is 53.5 Å². The van der Waals surface area contributed by atoms with Crippen molar-refractivity contribution in [3.8, 4) is 0 Å². The molecular formula is C19H22N2O5. The van der Waals surface area contributed by atoms with Gasteiger partial charge in [-0.3, -0.25) is 14.4 Å². The van der Waals surface area contributed by atoms with Gasteiger partial charge in [0.2, 0.25) is 0 Å². The van der Waals surface area contributed by atoms with Gasteiger partial charge in [0.05, 0.1) is 12.2 Å². The molecule has 1 heterocycles. The topological polar surface area (TPSA) is 109 Å². The van der Waals surface area contributed by atoms with Crippen LogP contribution in [0.5, 0.6) is 0 Å². The molecule has 0 aliphatic rings. The first-order valence-electron chi connectivity index (χ1n) is 8.39. The number of amides is 2. The van der Waals surface area contributed by atoms with E-state index in [0.717, 1.165) is 12.0 Å². The van der Waals surface area contributed by atoms with E-state index in [1.807, 2.05) is 6.92 Å². The number of benzene rings is 1. The molecule has 0 aliphatic heterocycles. The van der Waals surface area contributed by atoms with Crippen molar-refractivity contribution >= 4 is 23.5 Å². The average Bonchev–Trinajstić information content (AvgIpc) is 3.14. The van der Waals surface area contributed by atoms with Crippen molar-refractivity contribution in [3.63, 3.8) is 0 Å². The number of hydrogen-bond acceptors (Lipinski definition) is 4. The predicted octanol–water partition coefficient (Wildman–Crippen LogP) is 3.07. The Morgan fingerprint density at radius 2 is 1.96 bits per heavy atom. The van der Waals surface area contributed by atoms with Crippen LogP contribution in [0.4, 0.5) is 5.69 Å². The van der Waals surface area contributed by atoms with Gasteiger partial charge in [-0.05, 0) is 43.2 Å². The van der Waals surface area contributed by atoms with Crippen LogP contribution in [0.25, 0.3) is 0 Å². The lowest BCUT2D eigenvalue weighted by atomic mass is 10.0. The van der Waals surface area contributed by atoms with Crippen LogP contribution in [0.2, 0.25) is 0 Å². The Morgan fingerprint density at radius 3 is 2.58 bits per heavy atom. The maximum atomic E-state index is 12.3. The Balaban J connectivity index is 2.06. The minimum absolute atomic E-state index is 0.0595. The largest absolute Gasteiger partial charge is 0.481 e. The molecule has 0 radical (unpaired) electrons. The molecular weight excluding hydrogens is 336 g/mol. The molecule has 7 nitrogen and oxygen atoms in total. The zero-order valence-corrected chi connectivity index (χ0v) is 14.7. The van der Waals surface area contributed by atoms with Crippen LogP contribution < -0.4 is 10.6 Å². The molecule has 2 aromatic rings. The minimum atomic E-state index is -0.928. The first-order chi connectivity index (χ1) is 12.4. The van der Waals surface area contributed by atoms with Crippen LogP contribution in [0, 0.1) is 12.8 Å². The summed E-state index contributed by atoms with van der Waals surface area (Å²) in [6.07, 6.45) is 2.62. The fourth-order valence-corrected chi connectivity index (χ4v) is 2.47. The molecule has 0 saturated carbocycles. The summed E-state index contributed by atoms with van der Waals surface area (Å²) in [5, 5.41) is 14.5. The van der Waals surface area contributed by atoms with E-state index in [-0.39, 0.29) is 18.2 Å². The SMILES string of the molecule is CCCC(CNC(=O)c1ccc(C)c(NC(=O)c2ccco2)c1)C(=O)O. The first kappa shape index (κ1) is 19.2. The van der Waals surface area contributed by atoms with Crippen molar-refractivity contribution in [2.24, 2.45) is 5.92 Å². The molecule has 2 rings (SSSR count). The highest BCUT2D eigenvalue weighted by Gasteiger charge is 2.18. The lowest BCUT2D eigenvalue weighted by Gasteiger charge is -2.13. The number of rotatable bonds is 8. The van der Waals surface area contributed by atoms with E-state index in [1.54, 1.807) is 37.3 Å². The predicted molar refractivity (Wildman–Crippen MR) is 96.2 cm³/mol. The van der Waals surface area contributed by atoms with Crippen LogP contribution in [0.15, 0.2) is 41.0 Å². The third kappa shape index (κ3) is 4.95. The lowest BCUT2D eigenvalue weighted by molar-refractivity contribution is -0.141. The van der Waals surface area contributed by atoms with E-state index >= 15 is 0 Å². The number of carboxylic acids is 1. The van der Waals surface area contributed by atoms with Crippen molar-refractivity contribution in [1.29, 1.82) is 0 Å². The molecule has 3 N–H and O–H groups in total. The number of anilines is 1. The monoisotopic (exact) mass is 358 g/mol. The highest BCUT2D eigenvalue weighted by molar-refractivity contribution is 6.04. The van der Waals surface area contributed by atoms with Gasteiger partial charge in [-0.1, -0.05) is 19.4 Å². The van der Waals surface area contributed by atoms with Crippen molar-refractivity contribution in [2.45, 2.75) is 26.7 Å². The standard InChI is InChI=1S/C19H22N2O5/c1-3-5-14(19(24)25)11-20-17(22)13-8-7-12(2)15(10-13)21-18(23)16-6-4-9-26-16/h4,6-10,14H,3,5,11H2,1-2H3,(H,20,22)(H,21,23)(H,24,25). The molecule has 1 aromatic carbocycles. The number of carbonyl (C=O) groups excluding carboxylic acids is 2.